The van der Waals surface area contributed by atoms with Crippen molar-refractivity contribution in [2.75, 3.05) is 4.90 Å². The Hall–Kier alpha value is -6.18. The minimum absolute atomic E-state index is 0.0691. The summed E-state index contributed by atoms with van der Waals surface area (Å²) in [6.07, 6.45) is 5.78. The van der Waals surface area contributed by atoms with Gasteiger partial charge < -0.3 is 4.90 Å². The predicted octanol–water partition coefficient (Wildman–Crippen LogP) is 16.8. The van der Waals surface area contributed by atoms with E-state index in [1.807, 2.05) is 0 Å². The van der Waals surface area contributed by atoms with Crippen molar-refractivity contribution in [3.8, 4) is 22.3 Å². The lowest BCUT2D eigenvalue weighted by molar-refractivity contribution is 0.553. The van der Waals surface area contributed by atoms with Crippen molar-refractivity contribution in [1.29, 1.82) is 0 Å². The van der Waals surface area contributed by atoms with Crippen LogP contribution in [-0.2, 0) is 27.1 Å². The molecule has 0 fully saturated rings. The Labute approximate surface area is 383 Å². The predicted molar refractivity (Wildman–Crippen MR) is 273 cm³/mol. The van der Waals surface area contributed by atoms with Gasteiger partial charge in [-0.3, -0.25) is 0 Å². The molecule has 10 rings (SSSR count). The minimum Gasteiger partial charge on any atom is -0.312 e. The first kappa shape index (κ1) is 41.8. The number of hydrogen-bond donors (Lipinski definition) is 0. The number of anilines is 2. The molecule has 0 bridgehead atoms. The van der Waals surface area contributed by atoms with E-state index in [0.717, 1.165) is 6.42 Å². The molecule has 0 unspecified atom stereocenters. The van der Waals surface area contributed by atoms with Crippen LogP contribution in [0.2, 0.25) is 0 Å². The number of nitrogens with zero attached hydrogens (tertiary/aromatic N) is 1. The molecule has 0 aromatic heterocycles. The van der Waals surface area contributed by atoms with E-state index in [9.17, 15) is 0 Å². The van der Waals surface area contributed by atoms with E-state index in [4.69, 9.17) is 0 Å². The third-order valence-electron chi connectivity index (χ3n) is 14.9. The monoisotopic (exact) mass is 833 g/mol. The largest absolute Gasteiger partial charge is 0.312 e. The van der Waals surface area contributed by atoms with Gasteiger partial charge in [-0.1, -0.05) is 222 Å². The molecule has 3 aliphatic rings. The fraction of sp³-hybridized carbons (Fsp3) is 0.270. The summed E-state index contributed by atoms with van der Waals surface area (Å²) < 4.78 is 0. The van der Waals surface area contributed by atoms with Crippen LogP contribution in [0.4, 0.5) is 11.4 Å². The lowest BCUT2D eigenvalue weighted by atomic mass is 9.64. The van der Waals surface area contributed by atoms with Crippen molar-refractivity contribution in [3.63, 3.8) is 0 Å². The Morgan fingerprint density at radius 3 is 1.38 bits per heavy atom. The van der Waals surface area contributed by atoms with Crippen LogP contribution in [0.3, 0.4) is 0 Å². The standard InChI is InChI=1S/C63H63N/c1-12-13-28-50-51-37-43(59(2,3)4)38-56(60(5,6)7)57(51)63(41-24-16-14-17-25-41,42-26-18-15-19-27-42)58(50)64(44-33-35-48-46-29-20-22-31-52(46)61(8,9)54(48)39-44)45-34-36-49-47-30-21-23-32-53(47)62(10,11)55(49)40-45/h13-40H,12H2,1-11H3/b28-13-. The van der Waals surface area contributed by atoms with Gasteiger partial charge in [0.15, 0.2) is 0 Å². The number of hydrogen-bond acceptors (Lipinski definition) is 1. The fourth-order valence-corrected chi connectivity index (χ4v) is 11.6. The molecule has 320 valence electrons. The number of allylic oxidation sites excluding steroid dienone is 4. The lowest BCUT2D eigenvalue weighted by Crippen LogP contribution is -2.39. The van der Waals surface area contributed by atoms with Crippen molar-refractivity contribution in [1.82, 2.24) is 0 Å². The smallest absolute Gasteiger partial charge is 0.0872 e. The Morgan fingerprint density at radius 1 is 0.469 bits per heavy atom. The Kier molecular flexibility index (Phi) is 9.59. The van der Waals surface area contributed by atoms with Crippen LogP contribution >= 0.6 is 0 Å². The lowest BCUT2D eigenvalue weighted by Gasteiger charge is -2.44. The second kappa shape index (κ2) is 14.7. The van der Waals surface area contributed by atoms with Crippen LogP contribution in [0.25, 0.3) is 27.8 Å². The van der Waals surface area contributed by atoms with Crippen LogP contribution < -0.4 is 4.90 Å². The Morgan fingerprint density at radius 2 is 0.922 bits per heavy atom. The Bertz CT molecular complexity index is 2880. The molecule has 3 aliphatic carbocycles. The normalized spacial score (nSPS) is 16.4. The highest BCUT2D eigenvalue weighted by atomic mass is 15.2. The molecule has 0 radical (unpaired) electrons. The van der Waals surface area contributed by atoms with E-state index in [2.05, 4.69) is 251 Å². The van der Waals surface area contributed by atoms with Gasteiger partial charge in [0.2, 0.25) is 0 Å². The summed E-state index contributed by atoms with van der Waals surface area (Å²) in [5.74, 6) is 0. The second-order valence-corrected chi connectivity index (χ2v) is 21.6. The van der Waals surface area contributed by atoms with Gasteiger partial charge in [-0.2, -0.15) is 0 Å². The van der Waals surface area contributed by atoms with Gasteiger partial charge in [0.1, 0.15) is 0 Å². The number of benzene rings is 7. The molecule has 1 heteroatoms. The first-order valence-electron chi connectivity index (χ1n) is 23.5. The van der Waals surface area contributed by atoms with Crippen molar-refractivity contribution in [2.45, 2.75) is 110 Å². The molecule has 0 N–H and O–H groups in total. The van der Waals surface area contributed by atoms with Crippen LogP contribution in [0.1, 0.15) is 138 Å². The summed E-state index contributed by atoms with van der Waals surface area (Å²) in [5, 5.41) is 0. The van der Waals surface area contributed by atoms with Gasteiger partial charge in [0.05, 0.1) is 11.1 Å². The summed E-state index contributed by atoms with van der Waals surface area (Å²) in [7, 11) is 0. The highest BCUT2D eigenvalue weighted by Crippen LogP contribution is 2.62. The maximum absolute atomic E-state index is 2.69. The maximum Gasteiger partial charge on any atom is 0.0872 e. The van der Waals surface area contributed by atoms with E-state index in [0.29, 0.717) is 0 Å². The highest BCUT2D eigenvalue weighted by Gasteiger charge is 2.53. The second-order valence-electron chi connectivity index (χ2n) is 21.6. The molecule has 1 nitrogen and oxygen atoms in total. The first-order chi connectivity index (χ1) is 30.5. The average molecular weight is 834 g/mol. The molecule has 0 spiro atoms. The molecule has 0 saturated carbocycles. The summed E-state index contributed by atoms with van der Waals surface area (Å²) >= 11 is 0. The number of rotatable bonds is 7. The van der Waals surface area contributed by atoms with Crippen LogP contribution in [0.5, 0.6) is 0 Å². The van der Waals surface area contributed by atoms with E-state index in [1.165, 1.54) is 101 Å². The van der Waals surface area contributed by atoms with Crippen molar-refractivity contribution < 1.29 is 0 Å². The molecule has 7 aromatic rings. The fourth-order valence-electron chi connectivity index (χ4n) is 11.6. The minimum atomic E-state index is -0.709. The quantitative estimate of drug-likeness (QED) is 0.155. The zero-order valence-corrected chi connectivity index (χ0v) is 39.8. The van der Waals surface area contributed by atoms with E-state index < -0.39 is 5.41 Å². The Balaban J connectivity index is 1.40. The molecule has 64 heavy (non-hydrogen) atoms. The molecule has 7 aromatic carbocycles. The SMILES string of the molecule is CC/C=C\C1=C(N(c2ccc3c(c2)C(C)(C)c2ccccc2-3)c2ccc3c(c2)C(C)(C)c2ccccc2-3)C(c2ccccc2)(c2ccccc2)c2c1cc(C(C)(C)C)cc2C(C)(C)C. The molecular formula is C63H63N. The first-order valence-corrected chi connectivity index (χ1v) is 23.5. The van der Waals surface area contributed by atoms with Crippen LogP contribution in [-0.4, -0.2) is 0 Å². The summed E-state index contributed by atoms with van der Waals surface area (Å²) in [6.45, 7) is 26.2. The van der Waals surface area contributed by atoms with Gasteiger partial charge in [-0.15, -0.1) is 0 Å². The van der Waals surface area contributed by atoms with Gasteiger partial charge in [-0.25, -0.2) is 0 Å². The van der Waals surface area contributed by atoms with Crippen LogP contribution in [0.15, 0.2) is 176 Å². The highest BCUT2D eigenvalue weighted by molar-refractivity contribution is 5.97. The topological polar surface area (TPSA) is 3.24 Å². The van der Waals surface area contributed by atoms with E-state index in [1.54, 1.807) is 0 Å². The van der Waals surface area contributed by atoms with Gasteiger partial charge >= 0.3 is 0 Å². The van der Waals surface area contributed by atoms with Gasteiger partial charge in [-0.05, 0) is 119 Å². The van der Waals surface area contributed by atoms with E-state index >= 15 is 0 Å². The third kappa shape index (κ3) is 6.10. The summed E-state index contributed by atoms with van der Waals surface area (Å²) in [6, 6.07) is 60.7. The molecule has 0 aliphatic heterocycles. The summed E-state index contributed by atoms with van der Waals surface area (Å²) in [4.78, 5) is 2.69. The molecule has 0 heterocycles. The molecule has 0 amide bonds. The average Bonchev–Trinajstić information content (AvgIpc) is 3.80. The molecular weight excluding hydrogens is 771 g/mol. The van der Waals surface area contributed by atoms with Crippen LogP contribution in [0, 0.1) is 0 Å². The number of fused-ring (bicyclic) bond motifs is 7. The zero-order chi connectivity index (χ0) is 45.0. The van der Waals surface area contributed by atoms with Crippen molar-refractivity contribution in [2.24, 2.45) is 0 Å². The molecule has 0 atom stereocenters. The molecule has 0 saturated heterocycles. The van der Waals surface area contributed by atoms with Gasteiger partial charge in [0, 0.05) is 27.8 Å². The summed E-state index contributed by atoms with van der Waals surface area (Å²) in [5.41, 5.74) is 22.4. The zero-order valence-electron chi connectivity index (χ0n) is 39.8. The van der Waals surface area contributed by atoms with Gasteiger partial charge in [0.25, 0.3) is 0 Å². The van der Waals surface area contributed by atoms with Crippen molar-refractivity contribution >= 4 is 16.9 Å². The maximum atomic E-state index is 2.69. The van der Waals surface area contributed by atoms with E-state index in [-0.39, 0.29) is 21.7 Å². The van der Waals surface area contributed by atoms with Crippen molar-refractivity contribution in [3.05, 3.63) is 231 Å². The third-order valence-corrected chi connectivity index (χ3v) is 14.9.